The summed E-state index contributed by atoms with van der Waals surface area (Å²) >= 11 is 1.34. The third kappa shape index (κ3) is 4.27. The molecule has 0 saturated carbocycles. The average Bonchev–Trinajstić information content (AvgIpc) is 3.22. The van der Waals surface area contributed by atoms with Crippen molar-refractivity contribution in [1.82, 2.24) is 0 Å². The van der Waals surface area contributed by atoms with E-state index >= 15 is 0 Å². The van der Waals surface area contributed by atoms with Crippen LogP contribution in [0.4, 0.5) is 10.7 Å². The van der Waals surface area contributed by atoms with Gasteiger partial charge in [0.05, 0.1) is 25.2 Å². The van der Waals surface area contributed by atoms with Gasteiger partial charge in [0.1, 0.15) is 10.8 Å². The zero-order chi connectivity index (χ0) is 21.1. The fourth-order valence-corrected chi connectivity index (χ4v) is 4.32. The molecule has 7 nitrogen and oxygen atoms in total. The summed E-state index contributed by atoms with van der Waals surface area (Å²) in [5, 5.41) is 3.32. The SMILES string of the molecule is CCOC(=O)c1c(NC(=O)C2CC(=O)N(c3ccc(OC)cc3)C2)sc(C)c1C. The number of hydrogen-bond donors (Lipinski definition) is 1. The van der Waals surface area contributed by atoms with E-state index in [0.29, 0.717) is 16.3 Å². The molecule has 1 aromatic heterocycles. The topological polar surface area (TPSA) is 84.9 Å². The zero-order valence-electron chi connectivity index (χ0n) is 16.9. The molecule has 1 saturated heterocycles. The van der Waals surface area contributed by atoms with E-state index in [9.17, 15) is 14.4 Å². The maximum absolute atomic E-state index is 12.8. The molecule has 1 fully saturated rings. The highest BCUT2D eigenvalue weighted by Crippen LogP contribution is 2.34. The minimum absolute atomic E-state index is 0.112. The molecule has 2 aromatic rings. The lowest BCUT2D eigenvalue weighted by Crippen LogP contribution is -2.28. The fourth-order valence-electron chi connectivity index (χ4n) is 3.27. The van der Waals surface area contributed by atoms with Gasteiger partial charge in [-0.3, -0.25) is 9.59 Å². The molecule has 2 amide bonds. The lowest BCUT2D eigenvalue weighted by atomic mass is 10.1. The van der Waals surface area contributed by atoms with Crippen molar-refractivity contribution >= 4 is 39.8 Å². The normalized spacial score (nSPS) is 16.1. The Morgan fingerprint density at radius 3 is 2.55 bits per heavy atom. The van der Waals surface area contributed by atoms with E-state index in [1.165, 1.54) is 11.3 Å². The number of carbonyl (C=O) groups excluding carboxylic acids is 3. The summed E-state index contributed by atoms with van der Waals surface area (Å²) in [5.41, 5.74) is 1.91. The molecule has 0 radical (unpaired) electrons. The molecule has 0 bridgehead atoms. The number of methoxy groups -OCH3 is 1. The fraction of sp³-hybridized carbons (Fsp3) is 0.381. The highest BCUT2D eigenvalue weighted by Gasteiger charge is 2.36. The molecule has 1 unspecified atom stereocenters. The highest BCUT2D eigenvalue weighted by molar-refractivity contribution is 7.16. The number of ether oxygens (including phenoxy) is 2. The molecule has 154 valence electrons. The Morgan fingerprint density at radius 2 is 1.93 bits per heavy atom. The lowest BCUT2D eigenvalue weighted by Gasteiger charge is -2.17. The smallest absolute Gasteiger partial charge is 0.341 e. The van der Waals surface area contributed by atoms with Gasteiger partial charge in [-0.25, -0.2) is 4.79 Å². The van der Waals surface area contributed by atoms with Crippen molar-refractivity contribution in [2.45, 2.75) is 27.2 Å². The van der Waals surface area contributed by atoms with Gasteiger partial charge in [0.2, 0.25) is 11.8 Å². The van der Waals surface area contributed by atoms with E-state index in [4.69, 9.17) is 9.47 Å². The molecule has 8 heteroatoms. The number of thiophene rings is 1. The molecule has 0 aliphatic carbocycles. The van der Waals surface area contributed by atoms with E-state index in [2.05, 4.69) is 5.32 Å². The summed E-state index contributed by atoms with van der Waals surface area (Å²) in [5.74, 6) is -0.639. The van der Waals surface area contributed by atoms with Crippen LogP contribution in [0.2, 0.25) is 0 Å². The summed E-state index contributed by atoms with van der Waals surface area (Å²) in [6.45, 7) is 6.01. The van der Waals surface area contributed by atoms with Gasteiger partial charge in [-0.1, -0.05) is 0 Å². The molecule has 0 spiro atoms. The van der Waals surface area contributed by atoms with Gasteiger partial charge in [-0.2, -0.15) is 0 Å². The van der Waals surface area contributed by atoms with E-state index in [1.54, 1.807) is 43.2 Å². The van der Waals surface area contributed by atoms with Crippen LogP contribution in [0.15, 0.2) is 24.3 Å². The second kappa shape index (κ2) is 8.65. The van der Waals surface area contributed by atoms with Gasteiger partial charge >= 0.3 is 5.97 Å². The summed E-state index contributed by atoms with van der Waals surface area (Å²) in [6, 6.07) is 7.14. The molecule has 1 atom stereocenters. The first-order valence-electron chi connectivity index (χ1n) is 9.38. The number of rotatable bonds is 6. The van der Waals surface area contributed by atoms with Gasteiger partial charge < -0.3 is 19.7 Å². The first-order chi connectivity index (χ1) is 13.8. The first-order valence-corrected chi connectivity index (χ1v) is 10.2. The number of hydrogen-bond acceptors (Lipinski definition) is 6. The van der Waals surface area contributed by atoms with Gasteiger partial charge in [-0.15, -0.1) is 11.3 Å². The predicted molar refractivity (Wildman–Crippen MR) is 112 cm³/mol. The number of esters is 1. The van der Waals surface area contributed by atoms with Crippen molar-refractivity contribution in [3.63, 3.8) is 0 Å². The number of nitrogens with one attached hydrogen (secondary N) is 1. The summed E-state index contributed by atoms with van der Waals surface area (Å²) in [4.78, 5) is 40.1. The van der Waals surface area contributed by atoms with Crippen LogP contribution in [0.5, 0.6) is 5.75 Å². The molecule has 1 aliphatic rings. The second-order valence-corrected chi connectivity index (χ2v) is 8.03. The highest BCUT2D eigenvalue weighted by atomic mass is 32.1. The number of amides is 2. The van der Waals surface area contributed by atoms with Crippen molar-refractivity contribution in [3.8, 4) is 5.75 Å². The number of aryl methyl sites for hydroxylation is 1. The maximum atomic E-state index is 12.8. The van der Waals surface area contributed by atoms with Crippen molar-refractivity contribution in [2.24, 2.45) is 5.92 Å². The van der Waals surface area contributed by atoms with Crippen molar-refractivity contribution in [1.29, 1.82) is 0 Å². The van der Waals surface area contributed by atoms with Gasteiger partial charge in [0.15, 0.2) is 0 Å². The van der Waals surface area contributed by atoms with Crippen LogP contribution in [-0.4, -0.2) is 38.0 Å². The molecular formula is C21H24N2O5S. The van der Waals surface area contributed by atoms with Crippen molar-refractivity contribution in [2.75, 3.05) is 30.5 Å². The Labute approximate surface area is 173 Å². The average molecular weight is 416 g/mol. The Kier molecular flexibility index (Phi) is 6.22. The lowest BCUT2D eigenvalue weighted by molar-refractivity contribution is -0.122. The summed E-state index contributed by atoms with van der Waals surface area (Å²) < 4.78 is 10.3. The number of carbonyl (C=O) groups is 3. The summed E-state index contributed by atoms with van der Waals surface area (Å²) in [6.07, 6.45) is 0.121. The van der Waals surface area contributed by atoms with Crippen LogP contribution < -0.4 is 15.0 Å². The van der Waals surface area contributed by atoms with Crippen LogP contribution in [0.25, 0.3) is 0 Å². The van der Waals surface area contributed by atoms with Crippen molar-refractivity contribution < 1.29 is 23.9 Å². The molecular weight excluding hydrogens is 392 g/mol. The minimum Gasteiger partial charge on any atom is -0.497 e. The Bertz CT molecular complexity index is 935. The van der Waals surface area contributed by atoms with E-state index in [0.717, 1.165) is 16.1 Å². The Hall–Kier alpha value is -2.87. The molecule has 3 rings (SSSR count). The molecule has 2 heterocycles. The van der Waals surface area contributed by atoms with Gasteiger partial charge in [0, 0.05) is 23.5 Å². The van der Waals surface area contributed by atoms with E-state index < -0.39 is 11.9 Å². The van der Waals surface area contributed by atoms with E-state index in [1.807, 2.05) is 13.8 Å². The maximum Gasteiger partial charge on any atom is 0.341 e. The molecule has 29 heavy (non-hydrogen) atoms. The molecule has 1 aliphatic heterocycles. The quantitative estimate of drug-likeness (QED) is 0.728. The molecule has 1 aromatic carbocycles. The number of anilines is 2. The standard InChI is InChI=1S/C21H24N2O5S/c1-5-28-21(26)18-12(2)13(3)29-20(18)22-19(25)14-10-17(24)23(11-14)15-6-8-16(27-4)9-7-15/h6-9,14H,5,10-11H2,1-4H3,(H,22,25). The Morgan fingerprint density at radius 1 is 1.24 bits per heavy atom. The minimum atomic E-state index is -0.498. The van der Waals surface area contributed by atoms with Gasteiger partial charge in [0.25, 0.3) is 0 Å². The second-order valence-electron chi connectivity index (χ2n) is 6.80. The van der Waals surface area contributed by atoms with Gasteiger partial charge in [-0.05, 0) is 50.6 Å². The van der Waals surface area contributed by atoms with Crippen LogP contribution in [0, 0.1) is 19.8 Å². The predicted octanol–water partition coefficient (Wildman–Crippen LogP) is 3.54. The van der Waals surface area contributed by atoms with Crippen LogP contribution >= 0.6 is 11.3 Å². The zero-order valence-corrected chi connectivity index (χ0v) is 17.7. The van der Waals surface area contributed by atoms with Crippen LogP contribution in [0.1, 0.15) is 34.1 Å². The third-order valence-corrected chi connectivity index (χ3v) is 6.10. The largest absolute Gasteiger partial charge is 0.497 e. The van der Waals surface area contributed by atoms with Crippen molar-refractivity contribution in [3.05, 3.63) is 40.3 Å². The monoisotopic (exact) mass is 416 g/mol. The summed E-state index contributed by atoms with van der Waals surface area (Å²) in [7, 11) is 1.58. The first kappa shape index (κ1) is 20.9. The van der Waals surface area contributed by atoms with E-state index in [-0.39, 0.29) is 31.4 Å². The molecule has 1 N–H and O–H groups in total. The number of nitrogens with zero attached hydrogens (tertiary/aromatic N) is 1. The Balaban J connectivity index is 1.74. The third-order valence-electron chi connectivity index (χ3n) is 4.98. The van der Waals surface area contributed by atoms with Crippen LogP contribution in [0.3, 0.4) is 0 Å². The van der Waals surface area contributed by atoms with Crippen LogP contribution in [-0.2, 0) is 14.3 Å². The number of benzene rings is 1.